The Morgan fingerprint density at radius 3 is 2.25 bits per heavy atom. The van der Waals surface area contributed by atoms with Crippen molar-refractivity contribution < 1.29 is 37.1 Å². The highest BCUT2D eigenvalue weighted by Gasteiger charge is 2.62. The topological polar surface area (TPSA) is 184 Å². The van der Waals surface area contributed by atoms with Crippen LogP contribution in [0.5, 0.6) is 0 Å². The van der Waals surface area contributed by atoms with E-state index in [-0.39, 0.29) is 25.3 Å². The summed E-state index contributed by atoms with van der Waals surface area (Å²) in [5, 5.41) is 5.46. The van der Waals surface area contributed by atoms with Crippen LogP contribution < -0.4 is 15.4 Å². The number of alkyl carbamates (subject to hydrolysis) is 1. The molecule has 1 saturated heterocycles. The molecule has 5 amide bonds. The molecule has 57 heavy (non-hydrogen) atoms. The summed E-state index contributed by atoms with van der Waals surface area (Å²) < 4.78 is 33.2. The van der Waals surface area contributed by atoms with Gasteiger partial charge in [-0.3, -0.25) is 23.9 Å². The Balaban J connectivity index is 1.33. The maximum Gasteiger partial charge on any atom is 0.408 e. The van der Waals surface area contributed by atoms with Crippen molar-refractivity contribution in [2.45, 2.75) is 102 Å². The van der Waals surface area contributed by atoms with Gasteiger partial charge in [0.05, 0.1) is 28.1 Å². The lowest BCUT2D eigenvalue weighted by Gasteiger charge is -2.36. The molecule has 5 atom stereocenters. The number of pyridine rings is 1. The number of fused-ring (bicyclic) bond motifs is 1. The van der Waals surface area contributed by atoms with Gasteiger partial charge in [-0.1, -0.05) is 75.4 Å². The van der Waals surface area contributed by atoms with Gasteiger partial charge < -0.3 is 25.2 Å². The molecule has 15 heteroatoms. The number of hydrogen-bond acceptors (Lipinski definition) is 9. The van der Waals surface area contributed by atoms with Crippen LogP contribution in [0.1, 0.15) is 77.6 Å². The molecule has 0 bridgehead atoms. The van der Waals surface area contributed by atoms with Crippen LogP contribution in [0.25, 0.3) is 22.2 Å². The highest BCUT2D eigenvalue weighted by Crippen LogP contribution is 2.45. The maximum absolute atomic E-state index is 14.7. The fourth-order valence-electron chi connectivity index (χ4n) is 7.31. The third-order valence-corrected chi connectivity index (χ3v) is 12.6. The Labute approximate surface area is 333 Å². The number of carbonyl (C=O) groups is 5. The van der Waals surface area contributed by atoms with Gasteiger partial charge in [-0.05, 0) is 64.0 Å². The van der Waals surface area contributed by atoms with Gasteiger partial charge in [0.25, 0.3) is 11.8 Å². The first-order valence-corrected chi connectivity index (χ1v) is 20.7. The Hall–Kier alpha value is -5.31. The minimum Gasteiger partial charge on any atom is -0.444 e. The fourth-order valence-corrected chi connectivity index (χ4v) is 8.67. The number of ether oxygens (including phenoxy) is 1. The number of benzene rings is 2. The molecule has 2 aromatic carbocycles. The second kappa shape index (κ2) is 15.2. The smallest absolute Gasteiger partial charge is 0.408 e. The van der Waals surface area contributed by atoms with E-state index in [9.17, 15) is 32.4 Å². The molecule has 3 aliphatic rings. The number of nitrogens with one attached hydrogen (secondary N) is 3. The molecule has 14 nitrogen and oxygen atoms in total. The molecule has 0 spiro atoms. The van der Waals surface area contributed by atoms with Crippen LogP contribution in [0, 0.1) is 11.3 Å². The molecule has 1 aliphatic heterocycles. The number of likely N-dealkylation sites (N-methyl/N-ethyl adjacent to an activating group) is 1. The number of amides is 5. The average Bonchev–Trinajstić information content (AvgIpc) is 4.08. The van der Waals surface area contributed by atoms with Crippen molar-refractivity contribution >= 4 is 50.6 Å². The summed E-state index contributed by atoms with van der Waals surface area (Å²) >= 11 is 0. The van der Waals surface area contributed by atoms with Crippen LogP contribution in [-0.4, -0.2) is 101 Å². The van der Waals surface area contributed by atoms with Crippen LogP contribution in [0.2, 0.25) is 0 Å². The van der Waals surface area contributed by atoms with Crippen LogP contribution in [-0.2, 0) is 29.1 Å². The van der Waals surface area contributed by atoms with Crippen LogP contribution >= 0.6 is 0 Å². The van der Waals surface area contributed by atoms with E-state index in [4.69, 9.17) is 9.72 Å². The summed E-state index contributed by atoms with van der Waals surface area (Å²) in [6, 6.07) is 15.4. The quantitative estimate of drug-likeness (QED) is 0.234. The molecular weight excluding hydrogens is 749 g/mol. The van der Waals surface area contributed by atoms with Gasteiger partial charge in [-0.25, -0.2) is 18.2 Å². The van der Waals surface area contributed by atoms with E-state index >= 15 is 0 Å². The molecule has 3 N–H and O–H groups in total. The second-order valence-corrected chi connectivity index (χ2v) is 19.3. The Bertz CT molecular complexity index is 2210. The average molecular weight is 801 g/mol. The summed E-state index contributed by atoms with van der Waals surface area (Å²) in [6.45, 7) is 14.1. The molecule has 6 rings (SSSR count). The van der Waals surface area contributed by atoms with Crippen LogP contribution in [0.4, 0.5) is 4.79 Å². The monoisotopic (exact) mass is 800 g/mol. The zero-order valence-corrected chi connectivity index (χ0v) is 34.3. The molecule has 2 heterocycles. The largest absolute Gasteiger partial charge is 0.444 e. The molecule has 304 valence electrons. The van der Waals surface area contributed by atoms with Crippen LogP contribution in [0.3, 0.4) is 0 Å². The lowest BCUT2D eigenvalue weighted by molar-refractivity contribution is -0.143. The number of rotatable bonds is 11. The molecule has 2 saturated carbocycles. The van der Waals surface area contributed by atoms with Gasteiger partial charge in [0.1, 0.15) is 23.2 Å². The molecule has 3 aromatic rings. The van der Waals surface area contributed by atoms with Crippen molar-refractivity contribution in [1.82, 2.24) is 30.1 Å². The van der Waals surface area contributed by atoms with Gasteiger partial charge in [-0.2, -0.15) is 0 Å². The molecule has 2 unspecified atom stereocenters. The Kier molecular flexibility index (Phi) is 11.0. The third-order valence-electron chi connectivity index (χ3n) is 10.8. The number of likely N-dealkylation sites (tertiary alicyclic amines) is 1. The Morgan fingerprint density at radius 1 is 1.00 bits per heavy atom. The summed E-state index contributed by atoms with van der Waals surface area (Å²) in [4.78, 5) is 78.0. The van der Waals surface area contributed by atoms with E-state index in [0.717, 1.165) is 5.56 Å². The second-order valence-electron chi connectivity index (χ2n) is 17.4. The van der Waals surface area contributed by atoms with Crippen molar-refractivity contribution in [2.24, 2.45) is 11.3 Å². The summed E-state index contributed by atoms with van der Waals surface area (Å²) in [6.07, 6.45) is 1.63. The van der Waals surface area contributed by atoms with E-state index < -0.39 is 79.7 Å². The lowest BCUT2D eigenvalue weighted by Crippen LogP contribution is -2.60. The van der Waals surface area contributed by atoms with Crippen molar-refractivity contribution in [3.63, 3.8) is 0 Å². The minimum atomic E-state index is -3.94. The number of carbonyl (C=O) groups excluding carboxylic acids is 5. The number of aromatic nitrogens is 1. The number of sulfonamides is 1. The highest BCUT2D eigenvalue weighted by molar-refractivity contribution is 7.91. The predicted octanol–water partition coefficient (Wildman–Crippen LogP) is 4.55. The van der Waals surface area contributed by atoms with Gasteiger partial charge in [0.2, 0.25) is 21.8 Å². The minimum absolute atomic E-state index is 0.0193. The van der Waals surface area contributed by atoms with E-state index in [1.54, 1.807) is 54.7 Å². The van der Waals surface area contributed by atoms with Crippen molar-refractivity contribution in [1.29, 1.82) is 0 Å². The maximum atomic E-state index is 14.7. The van der Waals surface area contributed by atoms with Crippen LogP contribution in [0.15, 0.2) is 73.3 Å². The zero-order valence-electron chi connectivity index (χ0n) is 33.5. The van der Waals surface area contributed by atoms with Gasteiger partial charge in [0, 0.05) is 30.5 Å². The molecule has 3 fully saturated rings. The van der Waals surface area contributed by atoms with Gasteiger partial charge in [-0.15, -0.1) is 6.58 Å². The SMILES string of the molecule is C=CC1CC1(NC(=O)[C@@H]1C[C@@H](N(C)C(=O)c2cc(-c3ccccc3)nc3ccccc23)CN1C(=O)[C@@H](NC(=O)OC(C)(C)C)C(C)(C)C)C(=O)NS(=O)(=O)C1CC1. The van der Waals surface area contributed by atoms with Crippen molar-refractivity contribution in [3.8, 4) is 11.3 Å². The first-order valence-electron chi connectivity index (χ1n) is 19.2. The van der Waals surface area contributed by atoms with Crippen molar-refractivity contribution in [3.05, 3.63) is 78.9 Å². The normalized spacial score (nSPS) is 22.6. The molecular formula is C42H52N6O8S. The van der Waals surface area contributed by atoms with E-state index in [1.807, 2.05) is 54.6 Å². The van der Waals surface area contributed by atoms with Gasteiger partial charge in [0.15, 0.2) is 0 Å². The molecule has 1 aromatic heterocycles. The highest BCUT2D eigenvalue weighted by atomic mass is 32.2. The van der Waals surface area contributed by atoms with E-state index in [1.165, 1.54) is 15.9 Å². The first-order chi connectivity index (χ1) is 26.6. The first kappa shape index (κ1) is 41.3. The predicted molar refractivity (Wildman–Crippen MR) is 215 cm³/mol. The third kappa shape index (κ3) is 8.83. The van der Waals surface area contributed by atoms with Gasteiger partial charge >= 0.3 is 6.09 Å². The van der Waals surface area contributed by atoms with E-state index in [0.29, 0.717) is 35.0 Å². The van der Waals surface area contributed by atoms with E-state index in [2.05, 4.69) is 21.9 Å². The lowest BCUT2D eigenvalue weighted by atomic mass is 9.85. The number of para-hydroxylation sites is 1. The fraction of sp³-hybridized carbons (Fsp3) is 0.476. The Morgan fingerprint density at radius 2 is 1.65 bits per heavy atom. The number of hydrogen-bond donors (Lipinski definition) is 3. The standard InChI is InChI=1S/C42H52N6O8S/c1-9-26-23-42(26,38(52)46-57(54,55)28-19-20-28)45-35(49)33-21-27(24-48(33)37(51)34(40(2,3)4)44-39(53)56-41(5,6)7)47(8)36(50)30-22-32(25-15-11-10-12-16-25)43-31-18-14-13-17-29(30)31/h9-18,22,26-28,33-34H,1,19-21,23-24H2,2-8H3,(H,44,53)(H,45,49)(H,46,52)/t26?,27-,33+,34-,42?/m1/s1. The zero-order chi connectivity index (χ0) is 41.7. The molecule has 0 radical (unpaired) electrons. The van der Waals surface area contributed by atoms with Crippen molar-refractivity contribution in [2.75, 3.05) is 13.6 Å². The molecule has 2 aliphatic carbocycles. The summed E-state index contributed by atoms with van der Waals surface area (Å²) in [5.74, 6) is -3.09. The summed E-state index contributed by atoms with van der Waals surface area (Å²) in [5.41, 5.74) is -0.900. The summed E-state index contributed by atoms with van der Waals surface area (Å²) in [7, 11) is -2.32. The number of nitrogens with zero attached hydrogens (tertiary/aromatic N) is 3.